The molecule has 0 fully saturated rings. The zero-order valence-corrected chi connectivity index (χ0v) is 14.2. The molecule has 0 aliphatic carbocycles. The van der Waals surface area contributed by atoms with Gasteiger partial charge in [0.25, 0.3) is 0 Å². The SMILES string of the molecule is CC(C)(C)OC(=O)NCCNc1cc(S(N)(=O)=O)ccc1Cl. The molecule has 1 aromatic carbocycles. The van der Waals surface area contributed by atoms with Gasteiger partial charge in [-0.3, -0.25) is 0 Å². The first kappa shape index (κ1) is 18.5. The number of primary sulfonamides is 1. The predicted octanol–water partition coefficient (Wildman–Crippen LogP) is 1.92. The summed E-state index contributed by atoms with van der Waals surface area (Å²) in [5.74, 6) is 0. The molecule has 0 spiro atoms. The number of nitrogens with one attached hydrogen (secondary N) is 2. The Balaban J connectivity index is 2.54. The third-order valence-corrected chi connectivity index (χ3v) is 3.62. The maximum Gasteiger partial charge on any atom is 0.407 e. The van der Waals surface area contributed by atoms with Crippen molar-refractivity contribution < 1.29 is 17.9 Å². The van der Waals surface area contributed by atoms with Gasteiger partial charge in [0.05, 0.1) is 15.6 Å². The molecule has 1 rings (SSSR count). The third-order valence-electron chi connectivity index (χ3n) is 2.38. The highest BCUT2D eigenvalue weighted by molar-refractivity contribution is 7.89. The maximum atomic E-state index is 11.4. The molecular formula is C13H20ClN3O4S. The Hall–Kier alpha value is -1.51. The van der Waals surface area contributed by atoms with Gasteiger partial charge < -0.3 is 15.4 Å². The van der Waals surface area contributed by atoms with Crippen molar-refractivity contribution in [3.8, 4) is 0 Å². The summed E-state index contributed by atoms with van der Waals surface area (Å²) in [6.07, 6.45) is -0.529. The summed E-state index contributed by atoms with van der Waals surface area (Å²) in [6.45, 7) is 5.92. The first-order valence-electron chi connectivity index (χ1n) is 6.52. The third kappa shape index (κ3) is 6.50. The van der Waals surface area contributed by atoms with Crippen molar-refractivity contribution in [1.29, 1.82) is 0 Å². The van der Waals surface area contributed by atoms with E-state index in [9.17, 15) is 13.2 Å². The van der Waals surface area contributed by atoms with Crippen LogP contribution in [-0.2, 0) is 14.8 Å². The first-order chi connectivity index (χ1) is 9.99. The molecule has 7 nitrogen and oxygen atoms in total. The standard InChI is InChI=1S/C13H20ClN3O4S/c1-13(2,3)21-12(18)17-7-6-16-11-8-9(22(15,19)20)4-5-10(11)14/h4-5,8,16H,6-7H2,1-3H3,(H,17,18)(H2,15,19,20). The highest BCUT2D eigenvalue weighted by Crippen LogP contribution is 2.24. The van der Waals surface area contributed by atoms with Crippen molar-refractivity contribution in [2.24, 2.45) is 5.14 Å². The lowest BCUT2D eigenvalue weighted by Crippen LogP contribution is -2.35. The van der Waals surface area contributed by atoms with Crippen LogP contribution in [0.4, 0.5) is 10.5 Å². The minimum atomic E-state index is -3.79. The zero-order valence-electron chi connectivity index (χ0n) is 12.6. The summed E-state index contributed by atoms with van der Waals surface area (Å²) in [5, 5.41) is 10.9. The van der Waals surface area contributed by atoms with Crippen LogP contribution in [0.3, 0.4) is 0 Å². The molecule has 0 atom stereocenters. The molecule has 0 aromatic heterocycles. The van der Waals surface area contributed by atoms with Crippen molar-refractivity contribution in [2.45, 2.75) is 31.3 Å². The van der Waals surface area contributed by atoms with Gasteiger partial charge in [-0.25, -0.2) is 18.4 Å². The number of anilines is 1. The number of amides is 1. The molecule has 0 unspecified atom stereocenters. The Morgan fingerprint density at radius 1 is 1.32 bits per heavy atom. The van der Waals surface area contributed by atoms with Gasteiger partial charge in [0.2, 0.25) is 10.0 Å². The Labute approximate surface area is 135 Å². The van der Waals surface area contributed by atoms with Crippen LogP contribution in [0, 0.1) is 0 Å². The van der Waals surface area contributed by atoms with Gasteiger partial charge in [-0.1, -0.05) is 11.6 Å². The number of hydrogen-bond donors (Lipinski definition) is 3. The number of carbonyl (C=O) groups is 1. The number of benzene rings is 1. The van der Waals surface area contributed by atoms with Crippen molar-refractivity contribution in [3.63, 3.8) is 0 Å². The van der Waals surface area contributed by atoms with Crippen LogP contribution in [0.2, 0.25) is 5.02 Å². The van der Waals surface area contributed by atoms with E-state index >= 15 is 0 Å². The fourth-order valence-electron chi connectivity index (χ4n) is 1.49. The van der Waals surface area contributed by atoms with Gasteiger partial charge in [0.1, 0.15) is 5.60 Å². The summed E-state index contributed by atoms with van der Waals surface area (Å²) < 4.78 is 27.6. The number of carbonyl (C=O) groups excluding carboxylic acids is 1. The van der Waals surface area contributed by atoms with Gasteiger partial charge >= 0.3 is 6.09 Å². The smallest absolute Gasteiger partial charge is 0.407 e. The molecule has 124 valence electrons. The first-order valence-corrected chi connectivity index (χ1v) is 8.44. The van der Waals surface area contributed by atoms with E-state index in [4.69, 9.17) is 21.5 Å². The number of alkyl carbamates (subject to hydrolysis) is 1. The number of ether oxygens (including phenoxy) is 1. The Kier molecular flexibility index (Phi) is 6.04. The summed E-state index contributed by atoms with van der Waals surface area (Å²) in [4.78, 5) is 11.4. The van der Waals surface area contributed by atoms with Crippen molar-refractivity contribution in [1.82, 2.24) is 5.32 Å². The Morgan fingerprint density at radius 2 is 1.95 bits per heavy atom. The number of halogens is 1. The van der Waals surface area contributed by atoms with Crippen LogP contribution < -0.4 is 15.8 Å². The van der Waals surface area contributed by atoms with Crippen molar-refractivity contribution in [3.05, 3.63) is 23.2 Å². The molecule has 0 bridgehead atoms. The molecule has 9 heteroatoms. The molecule has 4 N–H and O–H groups in total. The fraction of sp³-hybridized carbons (Fsp3) is 0.462. The van der Waals surface area contributed by atoms with Crippen LogP contribution >= 0.6 is 11.6 Å². The molecule has 22 heavy (non-hydrogen) atoms. The normalized spacial score (nSPS) is 11.9. The van der Waals surface area contributed by atoms with E-state index in [1.54, 1.807) is 20.8 Å². The molecule has 0 saturated heterocycles. The van der Waals surface area contributed by atoms with Gasteiger partial charge in [-0.05, 0) is 39.0 Å². The number of sulfonamides is 1. The van der Waals surface area contributed by atoms with Crippen LogP contribution in [0.5, 0.6) is 0 Å². The highest BCUT2D eigenvalue weighted by atomic mass is 35.5. The molecule has 0 aliphatic rings. The number of hydrogen-bond acceptors (Lipinski definition) is 5. The van der Waals surface area contributed by atoms with Crippen LogP contribution in [0.1, 0.15) is 20.8 Å². The lowest BCUT2D eigenvalue weighted by atomic mass is 10.2. The van der Waals surface area contributed by atoms with E-state index in [0.29, 0.717) is 17.3 Å². The van der Waals surface area contributed by atoms with E-state index in [1.807, 2.05) is 0 Å². The summed E-state index contributed by atoms with van der Waals surface area (Å²) in [5.41, 5.74) is -0.149. The van der Waals surface area contributed by atoms with Crippen molar-refractivity contribution in [2.75, 3.05) is 18.4 Å². The lowest BCUT2D eigenvalue weighted by Gasteiger charge is -2.19. The van der Waals surface area contributed by atoms with Crippen LogP contribution in [-0.4, -0.2) is 33.2 Å². The molecule has 0 heterocycles. The molecule has 0 aliphatic heterocycles. The predicted molar refractivity (Wildman–Crippen MR) is 85.6 cm³/mol. The topological polar surface area (TPSA) is 111 Å². The van der Waals surface area contributed by atoms with E-state index < -0.39 is 21.7 Å². The second-order valence-electron chi connectivity index (χ2n) is 5.54. The maximum absolute atomic E-state index is 11.4. The summed E-state index contributed by atoms with van der Waals surface area (Å²) >= 11 is 5.96. The Morgan fingerprint density at radius 3 is 2.50 bits per heavy atom. The molecule has 1 amide bonds. The second kappa shape index (κ2) is 7.17. The molecule has 0 saturated carbocycles. The number of rotatable bonds is 5. The lowest BCUT2D eigenvalue weighted by molar-refractivity contribution is 0.0530. The minimum absolute atomic E-state index is 0.0421. The van der Waals surface area contributed by atoms with E-state index in [0.717, 1.165) is 0 Å². The zero-order chi connectivity index (χ0) is 17.0. The summed E-state index contributed by atoms with van der Waals surface area (Å²) in [7, 11) is -3.79. The van der Waals surface area contributed by atoms with Crippen LogP contribution in [0.25, 0.3) is 0 Å². The van der Waals surface area contributed by atoms with E-state index in [-0.39, 0.29) is 11.4 Å². The van der Waals surface area contributed by atoms with E-state index in [1.165, 1.54) is 18.2 Å². The monoisotopic (exact) mass is 349 g/mol. The van der Waals surface area contributed by atoms with Gasteiger partial charge in [-0.15, -0.1) is 0 Å². The van der Waals surface area contributed by atoms with Gasteiger partial charge in [0.15, 0.2) is 0 Å². The minimum Gasteiger partial charge on any atom is -0.444 e. The van der Waals surface area contributed by atoms with Gasteiger partial charge in [0, 0.05) is 13.1 Å². The average molecular weight is 350 g/mol. The molecule has 0 radical (unpaired) electrons. The fourth-order valence-corrected chi connectivity index (χ4v) is 2.22. The average Bonchev–Trinajstić information content (AvgIpc) is 2.33. The van der Waals surface area contributed by atoms with Crippen LogP contribution in [0.15, 0.2) is 23.1 Å². The van der Waals surface area contributed by atoms with Gasteiger partial charge in [-0.2, -0.15) is 0 Å². The summed E-state index contributed by atoms with van der Waals surface area (Å²) in [6, 6.07) is 4.10. The molecule has 1 aromatic rings. The Bertz CT molecular complexity index is 641. The number of nitrogens with two attached hydrogens (primary N) is 1. The van der Waals surface area contributed by atoms with Crippen molar-refractivity contribution >= 4 is 33.4 Å². The highest BCUT2D eigenvalue weighted by Gasteiger charge is 2.15. The van der Waals surface area contributed by atoms with E-state index in [2.05, 4.69) is 10.6 Å². The largest absolute Gasteiger partial charge is 0.444 e. The molecular weight excluding hydrogens is 330 g/mol. The quantitative estimate of drug-likeness (QED) is 0.703. The second-order valence-corrected chi connectivity index (χ2v) is 7.51.